The summed E-state index contributed by atoms with van der Waals surface area (Å²) in [4.78, 5) is 0. The molecule has 2 fully saturated rings. The van der Waals surface area contributed by atoms with Crippen LogP contribution in [0, 0.1) is 5.41 Å². The summed E-state index contributed by atoms with van der Waals surface area (Å²) >= 11 is 6.51. The Morgan fingerprint density at radius 1 is 1.11 bits per heavy atom. The third kappa shape index (κ3) is 2.68. The van der Waals surface area contributed by atoms with Gasteiger partial charge in [0.1, 0.15) is 0 Å². The fourth-order valence-corrected chi connectivity index (χ4v) is 3.64. The molecule has 0 bridgehead atoms. The normalized spacial score (nSPS) is 25.3. The van der Waals surface area contributed by atoms with E-state index in [0.29, 0.717) is 11.3 Å². The Kier molecular flexibility index (Phi) is 3.18. The molecule has 0 unspecified atom stereocenters. The van der Waals surface area contributed by atoms with E-state index in [4.69, 9.17) is 17.3 Å². The highest BCUT2D eigenvalue weighted by Gasteiger charge is 2.40. The third-order valence-electron chi connectivity index (χ3n) is 5.14. The second kappa shape index (κ2) is 4.49. The van der Waals surface area contributed by atoms with E-state index in [-0.39, 0.29) is 5.54 Å². The Bertz CT molecular complexity index is 478. The predicted molar refractivity (Wildman–Crippen MR) is 81.5 cm³/mol. The van der Waals surface area contributed by atoms with E-state index >= 15 is 0 Å². The molecule has 0 atom stereocenters. The van der Waals surface area contributed by atoms with Crippen LogP contribution in [0.4, 0.5) is 0 Å². The van der Waals surface area contributed by atoms with Crippen molar-refractivity contribution in [2.24, 2.45) is 11.1 Å². The van der Waals surface area contributed by atoms with Crippen LogP contribution in [-0.4, -0.2) is 0 Å². The summed E-state index contributed by atoms with van der Waals surface area (Å²) in [5.74, 6) is 0.641. The van der Waals surface area contributed by atoms with Gasteiger partial charge in [-0.15, -0.1) is 0 Å². The maximum absolute atomic E-state index is 6.51. The second-order valence-electron chi connectivity index (χ2n) is 7.33. The summed E-state index contributed by atoms with van der Waals surface area (Å²) in [6.07, 6.45) is 7.33. The zero-order valence-corrected chi connectivity index (χ0v) is 12.8. The minimum absolute atomic E-state index is 0.0727. The lowest BCUT2D eigenvalue weighted by Crippen LogP contribution is -2.21. The lowest BCUT2D eigenvalue weighted by atomic mass is 9.71. The van der Waals surface area contributed by atoms with Crippen molar-refractivity contribution in [3.8, 4) is 0 Å². The summed E-state index contributed by atoms with van der Waals surface area (Å²) in [7, 11) is 0. The first kappa shape index (κ1) is 13.5. The van der Waals surface area contributed by atoms with Crippen molar-refractivity contribution in [1.82, 2.24) is 0 Å². The van der Waals surface area contributed by atoms with Gasteiger partial charge in [0.25, 0.3) is 0 Å². The molecule has 0 radical (unpaired) electrons. The molecule has 0 aliphatic heterocycles. The highest BCUT2D eigenvalue weighted by Crippen LogP contribution is 2.47. The molecule has 0 aromatic heterocycles. The molecule has 1 aromatic carbocycles. The average Bonchev–Trinajstić information content (AvgIpc) is 3.09. The number of hydrogen-bond donors (Lipinski definition) is 1. The molecule has 0 amide bonds. The van der Waals surface area contributed by atoms with Crippen LogP contribution in [0.3, 0.4) is 0 Å². The van der Waals surface area contributed by atoms with E-state index in [2.05, 4.69) is 32.0 Å². The van der Waals surface area contributed by atoms with Crippen LogP contribution in [0.15, 0.2) is 18.2 Å². The zero-order chi connectivity index (χ0) is 13.7. The van der Waals surface area contributed by atoms with Crippen LogP contribution in [0.1, 0.15) is 69.4 Å². The highest BCUT2D eigenvalue weighted by molar-refractivity contribution is 6.31. The summed E-state index contributed by atoms with van der Waals surface area (Å²) in [5, 5.41) is 0.930. The van der Waals surface area contributed by atoms with Gasteiger partial charge < -0.3 is 5.73 Å². The van der Waals surface area contributed by atoms with Crippen LogP contribution in [0.5, 0.6) is 0 Å². The first-order valence-electron chi connectivity index (χ1n) is 7.49. The van der Waals surface area contributed by atoms with E-state index in [1.807, 2.05) is 0 Å². The SMILES string of the molecule is CC1(C)CCC(c2ccc(C3(N)CC3)cc2Cl)CC1. The van der Waals surface area contributed by atoms with Gasteiger partial charge in [0.15, 0.2) is 0 Å². The fraction of sp³-hybridized carbons (Fsp3) is 0.647. The Morgan fingerprint density at radius 2 is 1.74 bits per heavy atom. The topological polar surface area (TPSA) is 26.0 Å². The smallest absolute Gasteiger partial charge is 0.0444 e. The number of benzene rings is 1. The maximum Gasteiger partial charge on any atom is 0.0444 e. The minimum Gasteiger partial charge on any atom is -0.321 e. The fourth-order valence-electron chi connectivity index (χ4n) is 3.30. The van der Waals surface area contributed by atoms with Crippen LogP contribution >= 0.6 is 11.6 Å². The standard InChI is InChI=1S/C17H24ClN/c1-16(2)7-5-12(6-8-16)14-4-3-13(11-15(14)18)17(19)9-10-17/h3-4,11-12H,5-10,19H2,1-2H3. The van der Waals surface area contributed by atoms with Crippen LogP contribution in [-0.2, 0) is 5.54 Å². The summed E-state index contributed by atoms with van der Waals surface area (Å²) in [6.45, 7) is 4.75. The monoisotopic (exact) mass is 277 g/mol. The number of halogens is 1. The molecule has 104 valence electrons. The van der Waals surface area contributed by atoms with Crippen molar-refractivity contribution >= 4 is 11.6 Å². The lowest BCUT2D eigenvalue weighted by molar-refractivity contribution is 0.224. The zero-order valence-electron chi connectivity index (χ0n) is 12.0. The van der Waals surface area contributed by atoms with Crippen molar-refractivity contribution in [3.05, 3.63) is 34.3 Å². The van der Waals surface area contributed by atoms with Crippen molar-refractivity contribution < 1.29 is 0 Å². The predicted octanol–water partition coefficient (Wildman–Crippen LogP) is 4.97. The average molecular weight is 278 g/mol. The van der Waals surface area contributed by atoms with Gasteiger partial charge in [0.2, 0.25) is 0 Å². The molecule has 1 aromatic rings. The van der Waals surface area contributed by atoms with E-state index in [1.165, 1.54) is 36.8 Å². The van der Waals surface area contributed by atoms with Crippen molar-refractivity contribution in [3.63, 3.8) is 0 Å². The van der Waals surface area contributed by atoms with Crippen LogP contribution in [0.2, 0.25) is 5.02 Å². The summed E-state index contributed by atoms with van der Waals surface area (Å²) in [5.41, 5.74) is 9.24. The molecule has 3 rings (SSSR count). The van der Waals surface area contributed by atoms with Gasteiger partial charge in [-0.1, -0.05) is 37.6 Å². The van der Waals surface area contributed by atoms with Crippen molar-refractivity contribution in [1.29, 1.82) is 0 Å². The third-order valence-corrected chi connectivity index (χ3v) is 5.47. The van der Waals surface area contributed by atoms with Gasteiger partial charge in [-0.25, -0.2) is 0 Å². The molecule has 0 spiro atoms. The molecular formula is C17H24ClN. The van der Waals surface area contributed by atoms with Gasteiger partial charge in [0.05, 0.1) is 0 Å². The van der Waals surface area contributed by atoms with E-state index < -0.39 is 0 Å². The number of nitrogens with two attached hydrogens (primary N) is 1. The molecular weight excluding hydrogens is 254 g/mol. The summed E-state index contributed by atoms with van der Waals surface area (Å²) < 4.78 is 0. The molecule has 1 nitrogen and oxygen atoms in total. The highest BCUT2D eigenvalue weighted by atomic mass is 35.5. The van der Waals surface area contributed by atoms with Gasteiger partial charge in [-0.2, -0.15) is 0 Å². The molecule has 0 saturated heterocycles. The Hall–Kier alpha value is -0.530. The minimum atomic E-state index is -0.0727. The van der Waals surface area contributed by atoms with E-state index in [9.17, 15) is 0 Å². The van der Waals surface area contributed by atoms with E-state index in [0.717, 1.165) is 17.9 Å². The molecule has 2 N–H and O–H groups in total. The van der Waals surface area contributed by atoms with Crippen molar-refractivity contribution in [2.45, 2.75) is 63.8 Å². The molecule has 19 heavy (non-hydrogen) atoms. The Labute approximate surface area is 121 Å². The Balaban J connectivity index is 1.78. The molecule has 2 aliphatic rings. The Morgan fingerprint density at radius 3 is 2.26 bits per heavy atom. The first-order valence-corrected chi connectivity index (χ1v) is 7.86. The number of rotatable bonds is 2. The first-order chi connectivity index (χ1) is 8.90. The van der Waals surface area contributed by atoms with Gasteiger partial charge in [-0.05, 0) is 67.1 Å². The lowest BCUT2D eigenvalue weighted by Gasteiger charge is -2.35. The van der Waals surface area contributed by atoms with Gasteiger partial charge in [0, 0.05) is 10.6 Å². The molecule has 2 saturated carbocycles. The molecule has 2 aliphatic carbocycles. The quantitative estimate of drug-likeness (QED) is 0.811. The molecule has 2 heteroatoms. The van der Waals surface area contributed by atoms with Gasteiger partial charge in [-0.3, -0.25) is 0 Å². The molecule has 0 heterocycles. The second-order valence-corrected chi connectivity index (χ2v) is 7.74. The maximum atomic E-state index is 6.51. The van der Waals surface area contributed by atoms with Crippen LogP contribution in [0.25, 0.3) is 0 Å². The van der Waals surface area contributed by atoms with Gasteiger partial charge >= 0.3 is 0 Å². The van der Waals surface area contributed by atoms with Crippen molar-refractivity contribution in [2.75, 3.05) is 0 Å². The van der Waals surface area contributed by atoms with Crippen LogP contribution < -0.4 is 5.73 Å². The van der Waals surface area contributed by atoms with E-state index in [1.54, 1.807) is 0 Å². The largest absolute Gasteiger partial charge is 0.321 e. The summed E-state index contributed by atoms with van der Waals surface area (Å²) in [6, 6.07) is 6.55. The number of hydrogen-bond acceptors (Lipinski definition) is 1.